The van der Waals surface area contributed by atoms with Crippen molar-refractivity contribution in [3.05, 3.63) is 34.7 Å². The van der Waals surface area contributed by atoms with Gasteiger partial charge in [-0.15, -0.1) is 0 Å². The third kappa shape index (κ3) is 7.01. The number of anilines is 1. The minimum atomic E-state index is -3.68. The molecule has 0 bridgehead atoms. The zero-order chi connectivity index (χ0) is 28.8. The first-order valence-electron chi connectivity index (χ1n) is 14.8. The SMILES string of the molecule is CCCCCCCCCC1=NC2(CCN(S(=O)(=O)/C=C/c3ccc(N4C(=O)CC[C@H]4CO)cc3C)CC2)C(=O)N1. The van der Waals surface area contributed by atoms with Crippen LogP contribution in [-0.4, -0.2) is 66.8 Å². The van der Waals surface area contributed by atoms with Gasteiger partial charge in [0, 0.05) is 37.0 Å². The van der Waals surface area contributed by atoms with Gasteiger partial charge in [0.15, 0.2) is 0 Å². The van der Waals surface area contributed by atoms with Crippen LogP contribution >= 0.6 is 0 Å². The van der Waals surface area contributed by atoms with Crippen molar-refractivity contribution < 1.29 is 23.1 Å². The van der Waals surface area contributed by atoms with Gasteiger partial charge in [-0.3, -0.25) is 14.6 Å². The normalized spacial score (nSPS) is 21.5. The number of aryl methyl sites for hydroxylation is 1. The Kier molecular flexibility index (Phi) is 10.2. The molecule has 0 aromatic heterocycles. The first-order valence-corrected chi connectivity index (χ1v) is 16.3. The second kappa shape index (κ2) is 13.4. The fraction of sp³-hybridized carbons (Fsp3) is 0.633. The zero-order valence-corrected chi connectivity index (χ0v) is 24.7. The molecule has 0 aliphatic carbocycles. The Hall–Kier alpha value is -2.56. The largest absolute Gasteiger partial charge is 0.394 e. The van der Waals surface area contributed by atoms with Crippen molar-refractivity contribution in [3.8, 4) is 0 Å². The maximum Gasteiger partial charge on any atom is 0.253 e. The molecule has 9 nitrogen and oxygen atoms in total. The fourth-order valence-electron chi connectivity index (χ4n) is 5.91. The van der Waals surface area contributed by atoms with Gasteiger partial charge in [0.05, 0.1) is 12.6 Å². The van der Waals surface area contributed by atoms with Gasteiger partial charge in [0.25, 0.3) is 5.91 Å². The summed E-state index contributed by atoms with van der Waals surface area (Å²) in [6, 6.07) is 5.21. The Morgan fingerprint density at radius 3 is 2.48 bits per heavy atom. The van der Waals surface area contributed by atoms with E-state index in [1.165, 1.54) is 41.8 Å². The molecule has 3 aliphatic heterocycles. The van der Waals surface area contributed by atoms with Crippen molar-refractivity contribution in [3.63, 3.8) is 0 Å². The lowest BCUT2D eigenvalue weighted by Crippen LogP contribution is -2.50. The van der Waals surface area contributed by atoms with E-state index in [1.807, 2.05) is 13.0 Å². The molecule has 2 saturated heterocycles. The number of piperidine rings is 1. The topological polar surface area (TPSA) is 119 Å². The van der Waals surface area contributed by atoms with Crippen LogP contribution in [0.1, 0.15) is 95.1 Å². The van der Waals surface area contributed by atoms with E-state index in [0.29, 0.717) is 31.4 Å². The molecule has 3 aliphatic rings. The number of nitrogens with zero attached hydrogens (tertiary/aromatic N) is 3. The number of unbranched alkanes of at least 4 members (excludes halogenated alkanes) is 6. The van der Waals surface area contributed by atoms with E-state index in [0.717, 1.165) is 36.2 Å². The standard InChI is InChI=1S/C30H44N4O5S/c1-3-4-5-6-7-8-9-10-27-31-29(37)30(32-27)16-18-33(19-17-30)40(38,39)20-15-24-11-12-25(21-23(24)2)34-26(22-35)13-14-28(34)36/h11-12,15,20-21,26,35H,3-10,13-14,16-19,22H2,1-2H3,(H,31,32,37)/b20-15+/t26-/m0/s1. The number of rotatable bonds is 13. The molecule has 220 valence electrons. The van der Waals surface area contributed by atoms with Crippen LogP contribution in [0.2, 0.25) is 0 Å². The van der Waals surface area contributed by atoms with E-state index in [2.05, 4.69) is 12.2 Å². The first kappa shape index (κ1) is 30.4. The minimum absolute atomic E-state index is 0.0163. The third-order valence-electron chi connectivity index (χ3n) is 8.44. The van der Waals surface area contributed by atoms with E-state index in [4.69, 9.17) is 4.99 Å². The Labute approximate surface area is 238 Å². The molecule has 2 amide bonds. The summed E-state index contributed by atoms with van der Waals surface area (Å²) in [5, 5.41) is 13.8. The molecular formula is C30H44N4O5S. The van der Waals surface area contributed by atoms with Crippen molar-refractivity contribution in [1.82, 2.24) is 9.62 Å². The maximum absolute atomic E-state index is 13.1. The van der Waals surface area contributed by atoms with E-state index in [1.54, 1.807) is 23.1 Å². The molecule has 4 rings (SSSR count). The molecule has 1 aromatic carbocycles. The quantitative estimate of drug-likeness (QED) is 0.342. The van der Waals surface area contributed by atoms with E-state index < -0.39 is 15.6 Å². The predicted octanol–water partition coefficient (Wildman–Crippen LogP) is 4.29. The van der Waals surface area contributed by atoms with Gasteiger partial charge >= 0.3 is 0 Å². The van der Waals surface area contributed by atoms with Crippen molar-refractivity contribution in [1.29, 1.82) is 0 Å². The monoisotopic (exact) mass is 572 g/mol. The van der Waals surface area contributed by atoms with Gasteiger partial charge in [-0.2, -0.15) is 4.31 Å². The second-order valence-corrected chi connectivity index (χ2v) is 13.2. The van der Waals surface area contributed by atoms with Crippen LogP contribution in [0, 0.1) is 6.92 Å². The number of carbonyl (C=O) groups is 2. The Bertz CT molecular complexity index is 1230. The molecule has 1 spiro atoms. The van der Waals surface area contributed by atoms with Crippen molar-refractivity contribution in [2.75, 3.05) is 24.6 Å². The Morgan fingerprint density at radius 1 is 1.10 bits per heavy atom. The van der Waals surface area contributed by atoms with Crippen molar-refractivity contribution >= 4 is 39.4 Å². The number of aliphatic hydroxyl groups excluding tert-OH is 1. The highest BCUT2D eigenvalue weighted by Gasteiger charge is 2.46. The van der Waals surface area contributed by atoms with Gasteiger partial charge in [0.2, 0.25) is 15.9 Å². The average molecular weight is 573 g/mol. The fourth-order valence-corrected chi connectivity index (χ4v) is 7.10. The molecule has 1 atom stereocenters. The summed E-state index contributed by atoms with van der Waals surface area (Å²) in [6.45, 7) is 4.48. The summed E-state index contributed by atoms with van der Waals surface area (Å²) >= 11 is 0. The first-order chi connectivity index (χ1) is 19.2. The number of amides is 2. The summed E-state index contributed by atoms with van der Waals surface area (Å²) in [6.07, 6.45) is 12.5. The summed E-state index contributed by atoms with van der Waals surface area (Å²) in [7, 11) is -3.68. The van der Waals surface area contributed by atoms with Crippen molar-refractivity contribution in [2.24, 2.45) is 4.99 Å². The highest BCUT2D eigenvalue weighted by atomic mass is 32.2. The van der Waals surface area contributed by atoms with Crippen LogP contribution in [0.15, 0.2) is 28.6 Å². The van der Waals surface area contributed by atoms with Crippen LogP contribution < -0.4 is 10.2 Å². The minimum Gasteiger partial charge on any atom is -0.394 e. The number of sulfonamides is 1. The van der Waals surface area contributed by atoms with Gasteiger partial charge < -0.3 is 15.3 Å². The predicted molar refractivity (Wildman–Crippen MR) is 158 cm³/mol. The molecule has 2 fully saturated rings. The Morgan fingerprint density at radius 2 is 1.80 bits per heavy atom. The number of carbonyl (C=O) groups excluding carboxylic acids is 2. The van der Waals surface area contributed by atoms with Crippen LogP contribution in [0.25, 0.3) is 6.08 Å². The average Bonchev–Trinajstić information content (AvgIpc) is 3.46. The molecule has 2 N–H and O–H groups in total. The van der Waals surface area contributed by atoms with E-state index in [-0.39, 0.29) is 37.6 Å². The van der Waals surface area contributed by atoms with Crippen LogP contribution in [-0.2, 0) is 19.6 Å². The number of nitrogens with one attached hydrogen (secondary N) is 1. The van der Waals surface area contributed by atoms with Gasteiger partial charge in [-0.05, 0) is 61.9 Å². The molecule has 10 heteroatoms. The number of hydrogen-bond donors (Lipinski definition) is 2. The molecular weight excluding hydrogens is 528 g/mol. The molecule has 40 heavy (non-hydrogen) atoms. The number of amidine groups is 1. The zero-order valence-electron chi connectivity index (χ0n) is 23.9. The van der Waals surface area contributed by atoms with Crippen LogP contribution in [0.4, 0.5) is 5.69 Å². The summed E-state index contributed by atoms with van der Waals surface area (Å²) in [4.78, 5) is 31.5. The highest BCUT2D eigenvalue weighted by molar-refractivity contribution is 7.92. The summed E-state index contributed by atoms with van der Waals surface area (Å²) in [5.74, 6) is 0.626. The number of aliphatic hydroxyl groups is 1. The molecule has 1 aromatic rings. The highest BCUT2D eigenvalue weighted by Crippen LogP contribution is 2.33. The van der Waals surface area contributed by atoms with Crippen LogP contribution in [0.3, 0.4) is 0 Å². The van der Waals surface area contributed by atoms with Gasteiger partial charge in [-0.1, -0.05) is 51.5 Å². The number of hydrogen-bond acceptors (Lipinski definition) is 6. The number of benzene rings is 1. The third-order valence-corrected chi connectivity index (χ3v) is 10.0. The summed E-state index contributed by atoms with van der Waals surface area (Å²) in [5.41, 5.74) is 1.44. The maximum atomic E-state index is 13.1. The van der Waals surface area contributed by atoms with Crippen molar-refractivity contribution in [2.45, 2.75) is 102 Å². The van der Waals surface area contributed by atoms with Gasteiger partial charge in [0.1, 0.15) is 11.4 Å². The molecule has 3 heterocycles. The molecule has 0 unspecified atom stereocenters. The molecule has 0 radical (unpaired) electrons. The lowest BCUT2D eigenvalue weighted by molar-refractivity contribution is -0.125. The molecule has 0 saturated carbocycles. The van der Waals surface area contributed by atoms with E-state index >= 15 is 0 Å². The smallest absolute Gasteiger partial charge is 0.253 e. The van der Waals surface area contributed by atoms with E-state index in [9.17, 15) is 23.1 Å². The number of aliphatic imine (C=N–C) groups is 1. The second-order valence-electron chi connectivity index (χ2n) is 11.3. The lowest BCUT2D eigenvalue weighted by atomic mass is 9.89. The Balaban J connectivity index is 1.31. The van der Waals surface area contributed by atoms with Crippen LogP contribution in [0.5, 0.6) is 0 Å². The van der Waals surface area contributed by atoms with Gasteiger partial charge in [-0.25, -0.2) is 8.42 Å². The summed E-state index contributed by atoms with van der Waals surface area (Å²) < 4.78 is 27.6. The lowest BCUT2D eigenvalue weighted by Gasteiger charge is -2.34.